The Morgan fingerprint density at radius 2 is 2.00 bits per heavy atom. The quantitative estimate of drug-likeness (QED) is 0.547. The molecule has 0 heterocycles. The summed E-state index contributed by atoms with van der Waals surface area (Å²) in [6, 6.07) is 0.534. The Bertz CT molecular complexity index is 276. The van der Waals surface area contributed by atoms with Crippen LogP contribution in [0.15, 0.2) is 0 Å². The lowest BCUT2D eigenvalue weighted by atomic mass is 10.2. The molecule has 0 aromatic heterocycles. The number of hydrogen-bond acceptors (Lipinski definition) is 5. The molecule has 0 aliphatic heterocycles. The molecule has 1 rings (SSSR count). The number of carbonyl (C=O) groups is 2. The van der Waals surface area contributed by atoms with Crippen molar-refractivity contribution in [1.29, 1.82) is 0 Å². The molecule has 0 amide bonds. The van der Waals surface area contributed by atoms with Gasteiger partial charge in [0.2, 0.25) is 0 Å². The molecule has 0 aromatic rings. The largest absolute Gasteiger partial charge is 0.466 e. The smallest absolute Gasteiger partial charge is 0.306 e. The fraction of sp³-hybridized carbons (Fsp3) is 0.846. The second-order valence-electron chi connectivity index (χ2n) is 4.54. The summed E-state index contributed by atoms with van der Waals surface area (Å²) in [7, 11) is 1.66. The molecule has 0 radical (unpaired) electrons. The molecule has 5 nitrogen and oxygen atoms in total. The van der Waals surface area contributed by atoms with E-state index in [0.717, 1.165) is 19.4 Å². The van der Waals surface area contributed by atoms with Gasteiger partial charge >= 0.3 is 5.97 Å². The summed E-state index contributed by atoms with van der Waals surface area (Å²) in [5.74, 6) is -0.188. The zero-order valence-electron chi connectivity index (χ0n) is 11.3. The molecule has 0 N–H and O–H groups in total. The highest BCUT2D eigenvalue weighted by molar-refractivity contribution is 5.84. The molecule has 1 aliphatic carbocycles. The Labute approximate surface area is 108 Å². The SMILES string of the molecule is CCOC(=O)CCC(=O)CN(CCOC)C1CC1. The number of methoxy groups -OCH3 is 1. The van der Waals surface area contributed by atoms with Crippen LogP contribution in [-0.4, -0.2) is 56.1 Å². The number of rotatable bonds is 10. The van der Waals surface area contributed by atoms with Crippen molar-refractivity contribution >= 4 is 11.8 Å². The van der Waals surface area contributed by atoms with Crippen LogP contribution in [0.5, 0.6) is 0 Å². The maximum atomic E-state index is 11.8. The van der Waals surface area contributed by atoms with Crippen molar-refractivity contribution in [1.82, 2.24) is 4.90 Å². The third-order valence-corrected chi connectivity index (χ3v) is 2.94. The molecule has 0 aromatic carbocycles. The van der Waals surface area contributed by atoms with Crippen molar-refractivity contribution in [2.75, 3.05) is 33.4 Å². The van der Waals surface area contributed by atoms with Gasteiger partial charge in [-0.15, -0.1) is 0 Å². The topological polar surface area (TPSA) is 55.8 Å². The monoisotopic (exact) mass is 257 g/mol. The molecule has 0 unspecified atom stereocenters. The summed E-state index contributed by atoms with van der Waals surface area (Å²) < 4.78 is 9.83. The Morgan fingerprint density at radius 3 is 2.56 bits per heavy atom. The first kappa shape index (κ1) is 15.1. The molecular formula is C13H23NO4. The fourth-order valence-electron chi connectivity index (χ4n) is 1.82. The first-order chi connectivity index (χ1) is 8.67. The maximum absolute atomic E-state index is 11.8. The minimum atomic E-state index is -0.291. The molecular weight excluding hydrogens is 234 g/mol. The zero-order valence-corrected chi connectivity index (χ0v) is 11.3. The molecule has 1 fully saturated rings. The third kappa shape index (κ3) is 6.12. The summed E-state index contributed by atoms with van der Waals surface area (Å²) in [5, 5.41) is 0. The van der Waals surface area contributed by atoms with Crippen molar-refractivity contribution in [3.05, 3.63) is 0 Å². The van der Waals surface area contributed by atoms with Crippen LogP contribution >= 0.6 is 0 Å². The number of hydrogen-bond donors (Lipinski definition) is 0. The van der Waals surface area contributed by atoms with Gasteiger partial charge in [0.15, 0.2) is 0 Å². The molecule has 104 valence electrons. The molecule has 0 bridgehead atoms. The molecule has 5 heteroatoms. The van der Waals surface area contributed by atoms with Gasteiger partial charge in [-0.3, -0.25) is 14.5 Å². The van der Waals surface area contributed by atoms with Crippen LogP contribution in [0, 0.1) is 0 Å². The maximum Gasteiger partial charge on any atom is 0.306 e. The Balaban J connectivity index is 2.21. The van der Waals surface area contributed by atoms with Gasteiger partial charge in [-0.05, 0) is 19.8 Å². The molecule has 0 atom stereocenters. The van der Waals surface area contributed by atoms with Crippen molar-refractivity contribution in [2.45, 2.75) is 38.6 Å². The standard InChI is InChI=1S/C13H23NO4/c1-3-18-13(16)7-6-12(15)10-14(8-9-17-2)11-4-5-11/h11H,3-10H2,1-2H3. The summed E-state index contributed by atoms with van der Waals surface area (Å²) >= 11 is 0. The van der Waals surface area contributed by atoms with Gasteiger partial charge in [-0.25, -0.2) is 0 Å². The van der Waals surface area contributed by atoms with Crippen molar-refractivity contribution in [2.24, 2.45) is 0 Å². The molecule has 1 aliphatic rings. The highest BCUT2D eigenvalue weighted by Crippen LogP contribution is 2.26. The van der Waals surface area contributed by atoms with Gasteiger partial charge in [0.25, 0.3) is 0 Å². The van der Waals surface area contributed by atoms with E-state index in [9.17, 15) is 9.59 Å². The van der Waals surface area contributed by atoms with Crippen LogP contribution in [0.25, 0.3) is 0 Å². The van der Waals surface area contributed by atoms with E-state index in [1.165, 1.54) is 0 Å². The zero-order chi connectivity index (χ0) is 13.4. The van der Waals surface area contributed by atoms with E-state index in [1.807, 2.05) is 0 Å². The van der Waals surface area contributed by atoms with E-state index in [2.05, 4.69) is 4.90 Å². The Hall–Kier alpha value is -0.940. The number of ether oxygens (including phenoxy) is 2. The van der Waals surface area contributed by atoms with Crippen LogP contribution in [0.1, 0.15) is 32.6 Å². The number of Topliss-reactive ketones (excluding diaryl/α,β-unsaturated/α-hetero) is 1. The van der Waals surface area contributed by atoms with Gasteiger partial charge in [0.1, 0.15) is 5.78 Å². The van der Waals surface area contributed by atoms with Gasteiger partial charge < -0.3 is 9.47 Å². The lowest BCUT2D eigenvalue weighted by Crippen LogP contribution is -2.34. The predicted molar refractivity (Wildman–Crippen MR) is 67.3 cm³/mol. The van der Waals surface area contributed by atoms with E-state index in [4.69, 9.17) is 9.47 Å². The van der Waals surface area contributed by atoms with Crippen LogP contribution in [0.4, 0.5) is 0 Å². The molecule has 18 heavy (non-hydrogen) atoms. The lowest BCUT2D eigenvalue weighted by molar-refractivity contribution is -0.144. The van der Waals surface area contributed by atoms with Gasteiger partial charge in [-0.2, -0.15) is 0 Å². The number of nitrogens with zero attached hydrogens (tertiary/aromatic N) is 1. The number of carbonyl (C=O) groups excluding carboxylic acids is 2. The van der Waals surface area contributed by atoms with Crippen LogP contribution < -0.4 is 0 Å². The first-order valence-electron chi connectivity index (χ1n) is 6.57. The summed E-state index contributed by atoms with van der Waals surface area (Å²) in [6.07, 6.45) is 2.79. The summed E-state index contributed by atoms with van der Waals surface area (Å²) in [5.41, 5.74) is 0. The molecule has 0 saturated heterocycles. The second kappa shape index (κ2) is 8.21. The predicted octanol–water partition coefficient (Wildman–Crippen LogP) is 1.01. The van der Waals surface area contributed by atoms with E-state index in [-0.39, 0.29) is 24.6 Å². The minimum Gasteiger partial charge on any atom is -0.466 e. The van der Waals surface area contributed by atoms with E-state index >= 15 is 0 Å². The first-order valence-corrected chi connectivity index (χ1v) is 6.57. The van der Waals surface area contributed by atoms with Crippen molar-refractivity contribution in [3.63, 3.8) is 0 Å². The van der Waals surface area contributed by atoms with E-state index < -0.39 is 0 Å². The normalized spacial score (nSPS) is 14.8. The summed E-state index contributed by atoms with van der Waals surface area (Å²) in [6.45, 7) is 3.98. The van der Waals surface area contributed by atoms with Gasteiger partial charge in [0.05, 0.1) is 26.2 Å². The third-order valence-electron chi connectivity index (χ3n) is 2.94. The highest BCUT2D eigenvalue weighted by atomic mass is 16.5. The summed E-state index contributed by atoms with van der Waals surface area (Å²) in [4.78, 5) is 25.1. The molecule has 0 spiro atoms. The Kier molecular flexibility index (Phi) is 6.90. The van der Waals surface area contributed by atoms with Crippen molar-refractivity contribution in [3.8, 4) is 0 Å². The minimum absolute atomic E-state index is 0.103. The van der Waals surface area contributed by atoms with E-state index in [1.54, 1.807) is 14.0 Å². The van der Waals surface area contributed by atoms with Crippen molar-refractivity contribution < 1.29 is 19.1 Å². The average molecular weight is 257 g/mol. The number of esters is 1. The van der Waals surface area contributed by atoms with E-state index in [0.29, 0.717) is 25.8 Å². The second-order valence-corrected chi connectivity index (χ2v) is 4.54. The average Bonchev–Trinajstić information content (AvgIpc) is 3.16. The number of ketones is 1. The van der Waals surface area contributed by atoms with Gasteiger partial charge in [-0.1, -0.05) is 0 Å². The highest BCUT2D eigenvalue weighted by Gasteiger charge is 2.29. The van der Waals surface area contributed by atoms with Crippen LogP contribution in [0.2, 0.25) is 0 Å². The lowest BCUT2D eigenvalue weighted by Gasteiger charge is -2.20. The van der Waals surface area contributed by atoms with Crippen LogP contribution in [0.3, 0.4) is 0 Å². The Morgan fingerprint density at radius 1 is 1.28 bits per heavy atom. The molecule has 1 saturated carbocycles. The van der Waals surface area contributed by atoms with Crippen LogP contribution in [-0.2, 0) is 19.1 Å². The fourth-order valence-corrected chi connectivity index (χ4v) is 1.82. The van der Waals surface area contributed by atoms with Gasteiger partial charge in [0, 0.05) is 26.1 Å².